The number of anilines is 2. The van der Waals surface area contributed by atoms with Crippen LogP contribution in [0.1, 0.15) is 19.3 Å². The van der Waals surface area contributed by atoms with Gasteiger partial charge in [-0.3, -0.25) is 9.89 Å². The van der Waals surface area contributed by atoms with Crippen LogP contribution in [-0.4, -0.2) is 38.2 Å². The normalized spacial score (nSPS) is 20.1. The summed E-state index contributed by atoms with van der Waals surface area (Å²) in [6.45, 7) is 0.695. The zero-order chi connectivity index (χ0) is 22.0. The van der Waals surface area contributed by atoms with Gasteiger partial charge in [-0.15, -0.1) is 0 Å². The third-order valence-corrected chi connectivity index (χ3v) is 6.45. The monoisotopic (exact) mass is 456 g/mol. The minimum absolute atomic E-state index is 0.00732. The number of alkyl halides is 1. The van der Waals surface area contributed by atoms with Crippen LogP contribution >= 0.6 is 11.6 Å². The Balaban J connectivity index is 1.38. The Morgan fingerprint density at radius 3 is 2.88 bits per heavy atom. The van der Waals surface area contributed by atoms with Crippen LogP contribution in [0.25, 0.3) is 27.7 Å². The van der Waals surface area contributed by atoms with Crippen LogP contribution in [0.15, 0.2) is 30.7 Å². The highest BCUT2D eigenvalue weighted by Gasteiger charge is 2.43. The van der Waals surface area contributed by atoms with Crippen molar-refractivity contribution in [2.75, 3.05) is 17.2 Å². The van der Waals surface area contributed by atoms with Crippen molar-refractivity contribution >= 4 is 45.6 Å². The lowest BCUT2D eigenvalue weighted by Crippen LogP contribution is -2.15. The van der Waals surface area contributed by atoms with Gasteiger partial charge in [-0.2, -0.15) is 5.10 Å². The number of carbonyl (C=O) groups excluding carboxylic acids is 1. The highest BCUT2D eigenvalue weighted by atomic mass is 35.5. The summed E-state index contributed by atoms with van der Waals surface area (Å²) in [4.78, 5) is 16.4. The van der Waals surface area contributed by atoms with E-state index in [1.165, 1.54) is 0 Å². The van der Waals surface area contributed by atoms with Crippen molar-refractivity contribution < 1.29 is 13.6 Å². The van der Waals surface area contributed by atoms with E-state index in [9.17, 15) is 9.18 Å². The smallest absolute Gasteiger partial charge is 0.231 e. The fourth-order valence-electron chi connectivity index (χ4n) is 3.98. The van der Waals surface area contributed by atoms with Crippen LogP contribution in [0.2, 0.25) is 5.02 Å². The van der Waals surface area contributed by atoms with Crippen LogP contribution in [0.5, 0.6) is 0 Å². The quantitative estimate of drug-likeness (QED) is 0.389. The molecule has 0 bridgehead atoms. The summed E-state index contributed by atoms with van der Waals surface area (Å²) in [7, 11) is 0. The molecule has 6 rings (SSSR count). The van der Waals surface area contributed by atoms with Gasteiger partial charge in [0.1, 0.15) is 11.8 Å². The summed E-state index contributed by atoms with van der Waals surface area (Å²) >= 11 is 6.51. The molecule has 1 aromatic carbocycles. The van der Waals surface area contributed by atoms with E-state index in [4.69, 9.17) is 11.6 Å². The largest absolute Gasteiger partial charge is 0.381 e. The molecule has 164 valence electrons. The molecular formula is C22H19ClF2N6O. The molecule has 7 nitrogen and oxygen atoms in total. The number of hydrogen-bond donors (Lipinski definition) is 3. The van der Waals surface area contributed by atoms with Crippen molar-refractivity contribution in [3.05, 3.63) is 41.6 Å². The van der Waals surface area contributed by atoms with Gasteiger partial charge in [0.05, 0.1) is 34.5 Å². The molecule has 0 aliphatic heterocycles. The van der Waals surface area contributed by atoms with Gasteiger partial charge in [-0.25, -0.2) is 13.8 Å². The third-order valence-electron chi connectivity index (χ3n) is 6.10. The summed E-state index contributed by atoms with van der Waals surface area (Å²) < 4.78 is 30.1. The number of hydrogen-bond acceptors (Lipinski definition) is 4. The van der Waals surface area contributed by atoms with Gasteiger partial charge in [0, 0.05) is 29.3 Å². The molecule has 2 fully saturated rings. The molecule has 0 saturated heterocycles. The van der Waals surface area contributed by atoms with E-state index in [1.807, 2.05) is 0 Å². The number of aromatic nitrogens is 4. The number of rotatable bonds is 6. The lowest BCUT2D eigenvalue weighted by molar-refractivity contribution is -0.117. The number of imidazole rings is 1. The van der Waals surface area contributed by atoms with Crippen molar-refractivity contribution in [3.8, 4) is 11.1 Å². The minimum atomic E-state index is -1.07. The Hall–Kier alpha value is -3.20. The number of fused-ring (bicyclic) bond motifs is 2. The third kappa shape index (κ3) is 3.28. The molecule has 1 amide bonds. The lowest BCUT2D eigenvalue weighted by Gasteiger charge is -2.14. The summed E-state index contributed by atoms with van der Waals surface area (Å²) in [5, 5.41) is 13.5. The summed E-state index contributed by atoms with van der Waals surface area (Å²) in [6, 6.07) is 3.54. The molecule has 0 radical (unpaired) electrons. The van der Waals surface area contributed by atoms with Gasteiger partial charge in [0.25, 0.3) is 0 Å². The van der Waals surface area contributed by atoms with Gasteiger partial charge >= 0.3 is 0 Å². The summed E-state index contributed by atoms with van der Waals surface area (Å²) in [5.74, 6) is -0.598. The average molecular weight is 457 g/mol. The van der Waals surface area contributed by atoms with Crippen molar-refractivity contribution in [1.29, 1.82) is 0 Å². The van der Waals surface area contributed by atoms with E-state index in [1.54, 1.807) is 35.1 Å². The van der Waals surface area contributed by atoms with Gasteiger partial charge in [-0.05, 0) is 37.3 Å². The first-order valence-electron chi connectivity index (χ1n) is 10.5. The average Bonchev–Trinajstić information content (AvgIpc) is 3.64. The van der Waals surface area contributed by atoms with Gasteiger partial charge in [0.15, 0.2) is 11.6 Å². The zero-order valence-corrected chi connectivity index (χ0v) is 17.6. The van der Waals surface area contributed by atoms with E-state index < -0.39 is 17.9 Å². The molecule has 2 aliphatic carbocycles. The predicted octanol–water partition coefficient (Wildman–Crippen LogP) is 4.79. The van der Waals surface area contributed by atoms with Gasteiger partial charge in [0.2, 0.25) is 5.91 Å². The lowest BCUT2D eigenvalue weighted by atomic mass is 10.0. The van der Waals surface area contributed by atoms with Crippen LogP contribution in [-0.2, 0) is 4.79 Å². The summed E-state index contributed by atoms with van der Waals surface area (Å²) in [5.41, 5.74) is 2.66. The first-order valence-corrected chi connectivity index (χ1v) is 10.9. The molecule has 4 aromatic rings. The highest BCUT2D eigenvalue weighted by Crippen LogP contribution is 2.42. The second kappa shape index (κ2) is 7.16. The first kappa shape index (κ1) is 19.5. The minimum Gasteiger partial charge on any atom is -0.381 e. The molecule has 2 unspecified atom stereocenters. The number of pyridine rings is 1. The van der Waals surface area contributed by atoms with Crippen molar-refractivity contribution in [2.24, 2.45) is 11.8 Å². The van der Waals surface area contributed by atoms with Crippen molar-refractivity contribution in [2.45, 2.75) is 25.4 Å². The SMILES string of the molecule is O=C(Nc1cn2cc(-c3c(Cl)c(F)c(NCC4CC4)c4[nH]ncc34)ccc2n1)C1CC1F. The Morgan fingerprint density at radius 1 is 1.31 bits per heavy atom. The molecule has 3 N–H and O–H groups in total. The van der Waals surface area contributed by atoms with Gasteiger partial charge in [-0.1, -0.05) is 11.6 Å². The maximum absolute atomic E-state index is 15.3. The number of nitrogens with one attached hydrogen (secondary N) is 3. The number of benzene rings is 1. The molecule has 10 heteroatoms. The molecule has 0 spiro atoms. The Morgan fingerprint density at radius 2 is 2.12 bits per heavy atom. The predicted molar refractivity (Wildman–Crippen MR) is 118 cm³/mol. The molecule has 2 saturated carbocycles. The number of aromatic amines is 1. The molecule has 2 aliphatic rings. The van der Waals surface area contributed by atoms with Gasteiger partial charge < -0.3 is 15.0 Å². The molecule has 32 heavy (non-hydrogen) atoms. The van der Waals surface area contributed by atoms with Crippen LogP contribution in [0.3, 0.4) is 0 Å². The fraction of sp³-hybridized carbons (Fsp3) is 0.318. The van der Waals surface area contributed by atoms with E-state index in [0.29, 0.717) is 51.6 Å². The standard InChI is InChI=1S/C22H19ClF2N6O/c23-18-17(13-7-27-30-20(13)21(19(18)25)26-6-10-1-2-10)11-3-4-16-28-15(9-31(16)8-11)29-22(32)12-5-14(12)24/h3-4,7-10,12,14,26H,1-2,5-6H2,(H,27,30)(H,29,32). The molecular weight excluding hydrogens is 438 g/mol. The number of halogens is 3. The van der Waals surface area contributed by atoms with Crippen molar-refractivity contribution in [1.82, 2.24) is 19.6 Å². The van der Waals surface area contributed by atoms with Crippen LogP contribution in [0.4, 0.5) is 20.3 Å². The fourth-order valence-corrected chi connectivity index (χ4v) is 4.29. The second-order valence-corrected chi connectivity index (χ2v) is 8.90. The number of carbonyl (C=O) groups is 1. The van der Waals surface area contributed by atoms with E-state index in [-0.39, 0.29) is 17.4 Å². The highest BCUT2D eigenvalue weighted by molar-refractivity contribution is 6.36. The van der Waals surface area contributed by atoms with E-state index in [0.717, 1.165) is 12.8 Å². The zero-order valence-electron chi connectivity index (χ0n) is 16.8. The molecule has 3 aromatic heterocycles. The van der Waals surface area contributed by atoms with E-state index in [2.05, 4.69) is 25.8 Å². The van der Waals surface area contributed by atoms with E-state index >= 15 is 4.39 Å². The maximum Gasteiger partial charge on any atom is 0.231 e. The topological polar surface area (TPSA) is 87.1 Å². The Bertz CT molecular complexity index is 1380. The Kier molecular flexibility index (Phi) is 4.36. The number of H-pyrrole nitrogens is 1. The number of amides is 1. The Labute approximate surface area is 186 Å². The first-order chi connectivity index (χ1) is 15.5. The maximum atomic E-state index is 15.3. The molecule has 2 atom stereocenters. The summed E-state index contributed by atoms with van der Waals surface area (Å²) in [6.07, 6.45) is 6.50. The number of nitrogens with zero attached hydrogens (tertiary/aromatic N) is 3. The van der Waals surface area contributed by atoms with Crippen molar-refractivity contribution in [3.63, 3.8) is 0 Å². The van der Waals surface area contributed by atoms with Crippen LogP contribution in [0, 0.1) is 17.7 Å². The molecule has 3 heterocycles. The second-order valence-electron chi connectivity index (χ2n) is 8.52. The van der Waals surface area contributed by atoms with Crippen LogP contribution < -0.4 is 10.6 Å².